The lowest BCUT2D eigenvalue weighted by molar-refractivity contribution is 0.417. The van der Waals surface area contributed by atoms with Crippen LogP contribution in [0.5, 0.6) is 11.6 Å². The van der Waals surface area contributed by atoms with Gasteiger partial charge in [-0.05, 0) is 49.9 Å². The topological polar surface area (TPSA) is 47.0 Å². The van der Waals surface area contributed by atoms with E-state index in [-0.39, 0.29) is 5.88 Å². The van der Waals surface area contributed by atoms with Gasteiger partial charge in [0.2, 0.25) is 11.8 Å². The SMILES string of the molecule is CCCNc1ncc(F)c(Oc2cc(C)cc(C)c2C)n1. The molecule has 0 saturated heterocycles. The molecule has 0 aliphatic carbocycles. The first kappa shape index (κ1) is 15.2. The van der Waals surface area contributed by atoms with E-state index in [0.717, 1.165) is 35.9 Å². The van der Waals surface area contributed by atoms with E-state index in [4.69, 9.17) is 4.74 Å². The van der Waals surface area contributed by atoms with Crippen molar-refractivity contribution in [1.82, 2.24) is 9.97 Å². The molecule has 1 aromatic heterocycles. The number of hydrogen-bond donors (Lipinski definition) is 1. The van der Waals surface area contributed by atoms with Gasteiger partial charge in [-0.25, -0.2) is 4.98 Å². The Morgan fingerprint density at radius 1 is 1.24 bits per heavy atom. The number of aromatic nitrogens is 2. The number of nitrogens with zero attached hydrogens (tertiary/aromatic N) is 2. The van der Waals surface area contributed by atoms with Crippen LogP contribution in [0.25, 0.3) is 0 Å². The van der Waals surface area contributed by atoms with Crippen molar-refractivity contribution in [2.45, 2.75) is 34.1 Å². The first-order valence-electron chi connectivity index (χ1n) is 7.03. The van der Waals surface area contributed by atoms with Crippen LogP contribution in [0.15, 0.2) is 18.3 Å². The minimum atomic E-state index is -0.574. The van der Waals surface area contributed by atoms with Crippen molar-refractivity contribution in [2.24, 2.45) is 0 Å². The highest BCUT2D eigenvalue weighted by Crippen LogP contribution is 2.29. The zero-order valence-corrected chi connectivity index (χ0v) is 12.8. The summed E-state index contributed by atoms with van der Waals surface area (Å²) >= 11 is 0. The highest BCUT2D eigenvalue weighted by atomic mass is 19.1. The first-order chi connectivity index (χ1) is 10.0. The summed E-state index contributed by atoms with van der Waals surface area (Å²) in [5, 5.41) is 3.02. The van der Waals surface area contributed by atoms with Gasteiger partial charge in [0.1, 0.15) is 5.75 Å². The van der Waals surface area contributed by atoms with Crippen LogP contribution in [0.4, 0.5) is 10.3 Å². The average Bonchev–Trinajstić information content (AvgIpc) is 2.45. The molecule has 0 bridgehead atoms. The van der Waals surface area contributed by atoms with Gasteiger partial charge in [-0.1, -0.05) is 13.0 Å². The van der Waals surface area contributed by atoms with Crippen molar-refractivity contribution in [3.8, 4) is 11.6 Å². The molecule has 0 saturated carbocycles. The predicted octanol–water partition coefficient (Wildman–Crippen LogP) is 4.16. The molecular formula is C16H20FN3O. The monoisotopic (exact) mass is 289 g/mol. The van der Waals surface area contributed by atoms with Crippen LogP contribution in [0.3, 0.4) is 0 Å². The molecule has 21 heavy (non-hydrogen) atoms. The molecule has 2 aromatic rings. The summed E-state index contributed by atoms with van der Waals surface area (Å²) in [6.07, 6.45) is 2.06. The fourth-order valence-electron chi connectivity index (χ4n) is 1.96. The lowest BCUT2D eigenvalue weighted by Gasteiger charge is -2.12. The molecular weight excluding hydrogens is 269 g/mol. The van der Waals surface area contributed by atoms with Crippen LogP contribution in [0.2, 0.25) is 0 Å². The maximum atomic E-state index is 13.8. The average molecular weight is 289 g/mol. The fraction of sp³-hybridized carbons (Fsp3) is 0.375. The maximum Gasteiger partial charge on any atom is 0.260 e. The van der Waals surface area contributed by atoms with E-state index < -0.39 is 5.82 Å². The molecule has 112 valence electrons. The quantitative estimate of drug-likeness (QED) is 0.898. The second-order valence-electron chi connectivity index (χ2n) is 5.08. The normalized spacial score (nSPS) is 10.5. The molecule has 1 N–H and O–H groups in total. The van der Waals surface area contributed by atoms with E-state index >= 15 is 0 Å². The van der Waals surface area contributed by atoms with E-state index in [2.05, 4.69) is 21.4 Å². The van der Waals surface area contributed by atoms with Crippen LogP contribution in [-0.4, -0.2) is 16.5 Å². The Morgan fingerprint density at radius 2 is 2.00 bits per heavy atom. The van der Waals surface area contributed by atoms with E-state index in [9.17, 15) is 4.39 Å². The fourth-order valence-corrected chi connectivity index (χ4v) is 1.96. The number of halogens is 1. The molecule has 0 aliphatic rings. The summed E-state index contributed by atoms with van der Waals surface area (Å²) in [7, 11) is 0. The third-order valence-electron chi connectivity index (χ3n) is 3.22. The van der Waals surface area contributed by atoms with Gasteiger partial charge in [0.15, 0.2) is 0 Å². The summed E-state index contributed by atoms with van der Waals surface area (Å²) in [6.45, 7) is 8.68. The summed E-state index contributed by atoms with van der Waals surface area (Å²) in [4.78, 5) is 7.98. The summed E-state index contributed by atoms with van der Waals surface area (Å²) in [5.74, 6) is 0.356. The van der Waals surface area contributed by atoms with Crippen molar-refractivity contribution >= 4 is 5.95 Å². The number of hydrogen-bond acceptors (Lipinski definition) is 4. The molecule has 1 heterocycles. The molecule has 5 heteroatoms. The van der Waals surface area contributed by atoms with Gasteiger partial charge >= 0.3 is 0 Å². The number of rotatable bonds is 5. The van der Waals surface area contributed by atoms with E-state index in [1.54, 1.807) is 0 Å². The van der Waals surface area contributed by atoms with Crippen LogP contribution in [0.1, 0.15) is 30.0 Å². The highest BCUT2D eigenvalue weighted by molar-refractivity contribution is 5.44. The van der Waals surface area contributed by atoms with Crippen LogP contribution >= 0.6 is 0 Å². The van der Waals surface area contributed by atoms with Gasteiger partial charge in [-0.15, -0.1) is 0 Å². The molecule has 0 unspecified atom stereocenters. The van der Waals surface area contributed by atoms with Crippen molar-refractivity contribution in [3.63, 3.8) is 0 Å². The van der Waals surface area contributed by atoms with E-state index in [1.807, 2.05) is 33.8 Å². The Balaban J connectivity index is 2.30. The molecule has 0 radical (unpaired) electrons. The molecule has 0 fully saturated rings. The lowest BCUT2D eigenvalue weighted by Crippen LogP contribution is -2.06. The molecule has 2 rings (SSSR count). The van der Waals surface area contributed by atoms with Gasteiger partial charge in [0.25, 0.3) is 5.88 Å². The minimum Gasteiger partial charge on any atom is -0.436 e. The zero-order valence-electron chi connectivity index (χ0n) is 12.8. The number of ether oxygens (including phenoxy) is 1. The third kappa shape index (κ3) is 3.68. The van der Waals surface area contributed by atoms with E-state index in [0.29, 0.717) is 11.7 Å². The molecule has 1 aromatic carbocycles. The van der Waals surface area contributed by atoms with Gasteiger partial charge in [-0.3, -0.25) is 0 Å². The number of anilines is 1. The number of nitrogens with one attached hydrogen (secondary N) is 1. The minimum absolute atomic E-state index is 0.0586. The molecule has 0 aliphatic heterocycles. The van der Waals surface area contributed by atoms with Crippen LogP contribution < -0.4 is 10.1 Å². The Labute approximate surface area is 124 Å². The molecule has 0 amide bonds. The van der Waals surface area contributed by atoms with Crippen molar-refractivity contribution in [3.05, 3.63) is 40.8 Å². The second kappa shape index (κ2) is 6.52. The Hall–Kier alpha value is -2.17. The molecule has 4 nitrogen and oxygen atoms in total. The smallest absolute Gasteiger partial charge is 0.260 e. The largest absolute Gasteiger partial charge is 0.436 e. The summed E-state index contributed by atoms with van der Waals surface area (Å²) in [6, 6.07) is 3.94. The van der Waals surface area contributed by atoms with Crippen molar-refractivity contribution in [2.75, 3.05) is 11.9 Å². The molecule has 0 spiro atoms. The summed E-state index contributed by atoms with van der Waals surface area (Å²) < 4.78 is 19.5. The number of aryl methyl sites for hydroxylation is 2. The van der Waals surface area contributed by atoms with Gasteiger partial charge in [0, 0.05) is 6.54 Å². The Morgan fingerprint density at radius 3 is 2.71 bits per heavy atom. The Kier molecular flexibility index (Phi) is 4.73. The zero-order chi connectivity index (χ0) is 15.4. The number of benzene rings is 1. The maximum absolute atomic E-state index is 13.8. The van der Waals surface area contributed by atoms with Gasteiger partial charge in [-0.2, -0.15) is 9.37 Å². The van der Waals surface area contributed by atoms with Crippen molar-refractivity contribution < 1.29 is 9.13 Å². The summed E-state index contributed by atoms with van der Waals surface area (Å²) in [5.41, 5.74) is 3.14. The highest BCUT2D eigenvalue weighted by Gasteiger charge is 2.12. The lowest BCUT2D eigenvalue weighted by atomic mass is 10.1. The van der Waals surface area contributed by atoms with Gasteiger partial charge in [0.05, 0.1) is 6.20 Å². The first-order valence-corrected chi connectivity index (χ1v) is 7.03. The van der Waals surface area contributed by atoms with Crippen LogP contribution in [-0.2, 0) is 0 Å². The Bertz CT molecular complexity index is 644. The predicted molar refractivity (Wildman–Crippen MR) is 81.5 cm³/mol. The second-order valence-corrected chi connectivity index (χ2v) is 5.08. The van der Waals surface area contributed by atoms with Gasteiger partial charge < -0.3 is 10.1 Å². The van der Waals surface area contributed by atoms with Crippen molar-refractivity contribution in [1.29, 1.82) is 0 Å². The standard InChI is InChI=1S/C16H20FN3O/c1-5-6-18-16-19-9-13(17)15(20-16)21-14-8-10(2)7-11(3)12(14)4/h7-9H,5-6H2,1-4H3,(H,18,19,20). The van der Waals surface area contributed by atoms with Crippen LogP contribution in [0, 0.1) is 26.6 Å². The molecule has 0 atom stereocenters. The van der Waals surface area contributed by atoms with E-state index in [1.165, 1.54) is 0 Å². The third-order valence-corrected chi connectivity index (χ3v) is 3.22.